The van der Waals surface area contributed by atoms with E-state index in [1.807, 2.05) is 0 Å². The van der Waals surface area contributed by atoms with Crippen molar-refractivity contribution < 1.29 is 4.79 Å². The molecule has 0 aromatic carbocycles. The summed E-state index contributed by atoms with van der Waals surface area (Å²) in [5.74, 6) is 1.05. The molecule has 1 aliphatic heterocycles. The highest BCUT2D eigenvalue weighted by Crippen LogP contribution is 2.40. The Morgan fingerprint density at radius 1 is 1.33 bits per heavy atom. The Balaban J connectivity index is 2.07. The van der Waals surface area contributed by atoms with E-state index in [4.69, 9.17) is 0 Å². The van der Waals surface area contributed by atoms with Crippen LogP contribution in [0.15, 0.2) is 0 Å². The molecule has 0 radical (unpaired) electrons. The Hall–Kier alpha value is -0.530. The van der Waals surface area contributed by atoms with Gasteiger partial charge >= 0.3 is 0 Å². The van der Waals surface area contributed by atoms with E-state index in [9.17, 15) is 4.79 Å². The quantitative estimate of drug-likeness (QED) is 0.760. The zero-order valence-electron chi connectivity index (χ0n) is 9.85. The van der Waals surface area contributed by atoms with Gasteiger partial charge in [-0.05, 0) is 31.6 Å². The summed E-state index contributed by atoms with van der Waals surface area (Å²) in [5, 5.41) is 3.30. The minimum absolute atomic E-state index is 0.187. The van der Waals surface area contributed by atoms with Crippen LogP contribution in [-0.4, -0.2) is 11.4 Å². The minimum atomic E-state index is 0.187. The number of amides is 1. The maximum atomic E-state index is 11.5. The summed E-state index contributed by atoms with van der Waals surface area (Å²) in [7, 11) is 0. The molecule has 86 valence electrons. The fourth-order valence-electron chi connectivity index (χ4n) is 3.54. The van der Waals surface area contributed by atoms with Gasteiger partial charge in [0.1, 0.15) is 0 Å². The molecule has 2 nitrogen and oxygen atoms in total. The average Bonchev–Trinajstić information content (AvgIpc) is 2.63. The van der Waals surface area contributed by atoms with Crippen LogP contribution in [0.3, 0.4) is 0 Å². The summed E-state index contributed by atoms with van der Waals surface area (Å²) < 4.78 is 0. The predicted octanol–water partition coefficient (Wildman–Crippen LogP) is 3.02. The maximum Gasteiger partial charge on any atom is 0.220 e. The van der Waals surface area contributed by atoms with E-state index in [2.05, 4.69) is 12.2 Å². The van der Waals surface area contributed by atoms with Crippen molar-refractivity contribution in [3.05, 3.63) is 0 Å². The molecule has 1 heterocycles. The zero-order valence-corrected chi connectivity index (χ0v) is 9.85. The first kappa shape index (κ1) is 11.0. The maximum absolute atomic E-state index is 11.5. The van der Waals surface area contributed by atoms with Gasteiger partial charge in [-0.3, -0.25) is 4.79 Å². The smallest absolute Gasteiger partial charge is 0.220 e. The second-order valence-electron chi connectivity index (χ2n) is 5.29. The van der Waals surface area contributed by atoms with Crippen LogP contribution in [0, 0.1) is 5.92 Å². The second kappa shape index (κ2) is 4.54. The number of carbonyl (C=O) groups excluding carboxylic acids is 1. The highest BCUT2D eigenvalue weighted by molar-refractivity contribution is 5.79. The van der Waals surface area contributed by atoms with Crippen LogP contribution >= 0.6 is 0 Å². The zero-order chi connectivity index (χ0) is 10.7. The first-order chi connectivity index (χ1) is 7.27. The van der Waals surface area contributed by atoms with Crippen molar-refractivity contribution >= 4 is 5.91 Å². The van der Waals surface area contributed by atoms with Crippen molar-refractivity contribution in [2.75, 3.05) is 0 Å². The van der Waals surface area contributed by atoms with E-state index < -0.39 is 0 Å². The summed E-state index contributed by atoms with van der Waals surface area (Å²) in [4.78, 5) is 11.5. The molecule has 2 rings (SSSR count). The van der Waals surface area contributed by atoms with Gasteiger partial charge in [0.25, 0.3) is 0 Å². The Labute approximate surface area is 92.8 Å². The summed E-state index contributed by atoms with van der Waals surface area (Å²) in [6.45, 7) is 2.23. The van der Waals surface area contributed by atoms with E-state index in [0.29, 0.717) is 0 Å². The first-order valence-corrected chi connectivity index (χ1v) is 6.58. The third-order valence-electron chi connectivity index (χ3n) is 4.27. The molecule has 2 aliphatic rings. The topological polar surface area (TPSA) is 29.1 Å². The third-order valence-corrected chi connectivity index (χ3v) is 4.27. The highest BCUT2D eigenvalue weighted by Gasteiger charge is 2.43. The number of nitrogens with one attached hydrogen (secondary N) is 1. The fraction of sp³-hybridized carbons (Fsp3) is 0.923. The number of rotatable bonds is 3. The summed E-state index contributed by atoms with van der Waals surface area (Å²) in [5.41, 5.74) is 0.187. The van der Waals surface area contributed by atoms with E-state index in [0.717, 1.165) is 18.8 Å². The van der Waals surface area contributed by atoms with Gasteiger partial charge in [-0.25, -0.2) is 0 Å². The van der Waals surface area contributed by atoms with Crippen LogP contribution in [0.5, 0.6) is 0 Å². The van der Waals surface area contributed by atoms with Crippen molar-refractivity contribution in [1.29, 1.82) is 0 Å². The van der Waals surface area contributed by atoms with Crippen molar-refractivity contribution in [1.82, 2.24) is 5.32 Å². The van der Waals surface area contributed by atoms with Gasteiger partial charge in [-0.2, -0.15) is 0 Å². The van der Waals surface area contributed by atoms with Crippen LogP contribution < -0.4 is 5.32 Å². The molecule has 15 heavy (non-hydrogen) atoms. The average molecular weight is 209 g/mol. The van der Waals surface area contributed by atoms with Gasteiger partial charge in [0.05, 0.1) is 0 Å². The normalized spacial score (nSPS) is 33.0. The molecular formula is C13H23NO. The van der Waals surface area contributed by atoms with Crippen LogP contribution in [-0.2, 0) is 4.79 Å². The number of hydrogen-bond donors (Lipinski definition) is 1. The molecule has 1 N–H and O–H groups in total. The summed E-state index contributed by atoms with van der Waals surface area (Å²) >= 11 is 0. The lowest BCUT2D eigenvalue weighted by Crippen LogP contribution is -2.48. The van der Waals surface area contributed by atoms with Gasteiger partial charge in [-0.15, -0.1) is 0 Å². The molecule has 0 bridgehead atoms. The van der Waals surface area contributed by atoms with Gasteiger partial charge in [0.15, 0.2) is 0 Å². The SMILES string of the molecule is CCCC1(C2CCCCC2)CCC(=O)N1. The molecule has 1 aliphatic carbocycles. The molecule has 1 saturated heterocycles. The molecule has 1 saturated carbocycles. The van der Waals surface area contributed by atoms with Crippen molar-refractivity contribution in [3.8, 4) is 0 Å². The molecule has 1 unspecified atom stereocenters. The lowest BCUT2D eigenvalue weighted by Gasteiger charge is -2.39. The number of carbonyl (C=O) groups is 1. The van der Waals surface area contributed by atoms with Crippen LogP contribution in [0.25, 0.3) is 0 Å². The molecule has 0 aromatic rings. The molecule has 0 spiro atoms. The van der Waals surface area contributed by atoms with Crippen molar-refractivity contribution in [3.63, 3.8) is 0 Å². The second-order valence-corrected chi connectivity index (χ2v) is 5.29. The lowest BCUT2D eigenvalue weighted by atomic mass is 9.72. The van der Waals surface area contributed by atoms with Gasteiger partial charge in [0.2, 0.25) is 5.91 Å². The van der Waals surface area contributed by atoms with Crippen LogP contribution in [0.4, 0.5) is 0 Å². The van der Waals surface area contributed by atoms with Crippen LogP contribution in [0.1, 0.15) is 64.7 Å². The summed E-state index contributed by atoms with van der Waals surface area (Å²) in [6.07, 6.45) is 11.0. The summed E-state index contributed by atoms with van der Waals surface area (Å²) in [6, 6.07) is 0. The number of hydrogen-bond acceptors (Lipinski definition) is 1. The van der Waals surface area contributed by atoms with E-state index in [1.165, 1.54) is 44.9 Å². The van der Waals surface area contributed by atoms with Crippen LogP contribution in [0.2, 0.25) is 0 Å². The molecule has 1 amide bonds. The molecular weight excluding hydrogens is 186 g/mol. The van der Waals surface area contributed by atoms with Gasteiger partial charge in [0, 0.05) is 12.0 Å². The standard InChI is InChI=1S/C13H23NO/c1-2-9-13(10-8-12(15)14-13)11-6-4-3-5-7-11/h11H,2-10H2,1H3,(H,14,15). The van der Waals surface area contributed by atoms with E-state index in [-0.39, 0.29) is 11.4 Å². The first-order valence-electron chi connectivity index (χ1n) is 6.58. The Morgan fingerprint density at radius 3 is 2.60 bits per heavy atom. The molecule has 2 heteroatoms. The largest absolute Gasteiger partial charge is 0.350 e. The molecule has 0 aromatic heterocycles. The Morgan fingerprint density at radius 2 is 2.07 bits per heavy atom. The fourth-order valence-corrected chi connectivity index (χ4v) is 3.54. The Kier molecular flexibility index (Phi) is 3.32. The Bertz CT molecular complexity index is 233. The van der Waals surface area contributed by atoms with E-state index >= 15 is 0 Å². The van der Waals surface area contributed by atoms with Gasteiger partial charge in [-0.1, -0.05) is 32.6 Å². The van der Waals surface area contributed by atoms with Crippen molar-refractivity contribution in [2.24, 2.45) is 5.92 Å². The minimum Gasteiger partial charge on any atom is -0.350 e. The highest BCUT2D eigenvalue weighted by atomic mass is 16.2. The molecule has 2 fully saturated rings. The monoisotopic (exact) mass is 209 g/mol. The lowest BCUT2D eigenvalue weighted by molar-refractivity contribution is -0.120. The van der Waals surface area contributed by atoms with Gasteiger partial charge < -0.3 is 5.32 Å². The third kappa shape index (κ3) is 2.19. The predicted molar refractivity (Wildman–Crippen MR) is 61.6 cm³/mol. The van der Waals surface area contributed by atoms with Crippen molar-refractivity contribution in [2.45, 2.75) is 70.3 Å². The van der Waals surface area contributed by atoms with E-state index in [1.54, 1.807) is 0 Å². The molecule has 1 atom stereocenters.